The van der Waals surface area contributed by atoms with Crippen LogP contribution in [0.2, 0.25) is 0 Å². The smallest absolute Gasteiger partial charge is 0.0870 e. The molecule has 0 aromatic carbocycles. The van der Waals surface area contributed by atoms with Crippen LogP contribution >= 0.6 is 39.5 Å². The molecule has 94 valence electrons. The van der Waals surface area contributed by atoms with Gasteiger partial charge in [0.15, 0.2) is 0 Å². The Kier molecular flexibility index (Phi) is 4.97. The summed E-state index contributed by atoms with van der Waals surface area (Å²) >= 11 is 10.4. The van der Waals surface area contributed by atoms with E-state index in [1.54, 1.807) is 11.3 Å². The molecule has 0 atom stereocenters. The van der Waals surface area contributed by atoms with Crippen LogP contribution in [0.1, 0.15) is 30.6 Å². The van der Waals surface area contributed by atoms with Crippen molar-refractivity contribution in [1.29, 1.82) is 0 Å². The molecule has 0 aliphatic heterocycles. The van der Waals surface area contributed by atoms with E-state index in [0.29, 0.717) is 11.0 Å². The van der Waals surface area contributed by atoms with Crippen LogP contribution < -0.4 is 5.73 Å². The fourth-order valence-corrected chi connectivity index (χ4v) is 4.07. The van der Waals surface area contributed by atoms with Crippen molar-refractivity contribution < 1.29 is 0 Å². The molecule has 1 fully saturated rings. The lowest BCUT2D eigenvalue weighted by Crippen LogP contribution is -2.38. The normalized spacial score (nSPS) is 16.8. The number of rotatable bonds is 5. The average molecular weight is 333 g/mol. The second kappa shape index (κ2) is 6.27. The largest absolute Gasteiger partial charge is 0.392 e. The van der Waals surface area contributed by atoms with Gasteiger partial charge in [-0.05, 0) is 40.2 Å². The molecular formula is C12H17BrN2S2. The topological polar surface area (TPSA) is 29.3 Å². The summed E-state index contributed by atoms with van der Waals surface area (Å²) in [7, 11) is 0. The molecule has 2 nitrogen and oxygen atoms in total. The van der Waals surface area contributed by atoms with Crippen molar-refractivity contribution in [2.45, 2.75) is 38.3 Å². The minimum Gasteiger partial charge on any atom is -0.392 e. The van der Waals surface area contributed by atoms with E-state index in [2.05, 4.69) is 32.3 Å². The molecule has 1 saturated carbocycles. The van der Waals surface area contributed by atoms with Crippen molar-refractivity contribution >= 4 is 44.5 Å². The fraction of sp³-hybridized carbons (Fsp3) is 0.583. The first-order valence-electron chi connectivity index (χ1n) is 5.91. The molecule has 2 N–H and O–H groups in total. The number of halogens is 1. The van der Waals surface area contributed by atoms with E-state index in [9.17, 15) is 0 Å². The second-order valence-electron chi connectivity index (χ2n) is 4.50. The first-order valence-corrected chi connectivity index (χ1v) is 7.99. The Labute approximate surface area is 120 Å². The first kappa shape index (κ1) is 13.5. The van der Waals surface area contributed by atoms with Gasteiger partial charge in [0.25, 0.3) is 0 Å². The number of thiophene rings is 1. The third-order valence-electron chi connectivity index (χ3n) is 3.24. The Morgan fingerprint density at radius 2 is 2.24 bits per heavy atom. The van der Waals surface area contributed by atoms with Crippen LogP contribution in [-0.4, -0.2) is 22.5 Å². The van der Waals surface area contributed by atoms with Gasteiger partial charge in [-0.25, -0.2) is 0 Å². The van der Waals surface area contributed by atoms with Crippen LogP contribution in [0.4, 0.5) is 0 Å². The monoisotopic (exact) mass is 332 g/mol. The van der Waals surface area contributed by atoms with Gasteiger partial charge in [0.05, 0.1) is 4.99 Å². The minimum atomic E-state index is 0.601. The predicted octanol–water partition coefficient (Wildman–Crippen LogP) is 3.54. The lowest BCUT2D eigenvalue weighted by molar-refractivity contribution is 0.220. The maximum Gasteiger partial charge on any atom is 0.0870 e. The molecule has 0 spiro atoms. The van der Waals surface area contributed by atoms with Gasteiger partial charge in [-0.3, -0.25) is 4.90 Å². The molecule has 0 unspecified atom stereocenters. The van der Waals surface area contributed by atoms with Crippen molar-refractivity contribution in [3.8, 4) is 0 Å². The molecule has 1 aromatic rings. The Hall–Kier alpha value is 0.0300. The molecule has 0 amide bonds. The van der Waals surface area contributed by atoms with Gasteiger partial charge in [0, 0.05) is 28.5 Å². The second-order valence-corrected chi connectivity index (χ2v) is 6.88. The van der Waals surface area contributed by atoms with E-state index in [0.717, 1.165) is 13.1 Å². The third kappa shape index (κ3) is 3.74. The van der Waals surface area contributed by atoms with E-state index < -0.39 is 0 Å². The number of nitrogens with zero attached hydrogens (tertiary/aromatic N) is 1. The molecular weight excluding hydrogens is 316 g/mol. The Balaban J connectivity index is 2.04. The summed E-state index contributed by atoms with van der Waals surface area (Å²) in [5.74, 6) is 0. The van der Waals surface area contributed by atoms with E-state index in [-0.39, 0.29) is 0 Å². The summed E-state index contributed by atoms with van der Waals surface area (Å²) in [5.41, 5.74) is 5.71. The minimum absolute atomic E-state index is 0.601. The van der Waals surface area contributed by atoms with Gasteiger partial charge in [-0.15, -0.1) is 11.3 Å². The maximum absolute atomic E-state index is 5.71. The zero-order valence-electron chi connectivity index (χ0n) is 9.69. The van der Waals surface area contributed by atoms with Gasteiger partial charge < -0.3 is 5.73 Å². The summed E-state index contributed by atoms with van der Waals surface area (Å²) in [6.07, 6.45) is 5.24. The zero-order valence-corrected chi connectivity index (χ0v) is 12.9. The summed E-state index contributed by atoms with van der Waals surface area (Å²) in [4.78, 5) is 4.41. The van der Waals surface area contributed by atoms with Gasteiger partial charge in [0.1, 0.15) is 0 Å². The van der Waals surface area contributed by atoms with Crippen molar-refractivity contribution in [3.05, 3.63) is 20.8 Å². The third-order valence-corrected chi connectivity index (χ3v) is 5.28. The fourth-order valence-electron chi connectivity index (χ4n) is 2.41. The summed E-state index contributed by atoms with van der Waals surface area (Å²) in [5, 5.41) is 2.12. The standard InChI is InChI=1S/C12H17BrN2S2/c13-10-5-6-17-11(10)7-15(8-12(14)16)9-3-1-2-4-9/h5-6,9H,1-4,7-8H2,(H2,14,16). The van der Waals surface area contributed by atoms with E-state index in [4.69, 9.17) is 18.0 Å². The SMILES string of the molecule is NC(=S)CN(Cc1sccc1Br)C1CCCC1. The summed E-state index contributed by atoms with van der Waals surface area (Å²) < 4.78 is 1.20. The average Bonchev–Trinajstić information content (AvgIpc) is 2.89. The van der Waals surface area contributed by atoms with Crippen LogP contribution in [0.3, 0.4) is 0 Å². The lowest BCUT2D eigenvalue weighted by atomic mass is 10.2. The summed E-state index contributed by atoms with van der Waals surface area (Å²) in [6, 6.07) is 2.76. The number of hydrogen-bond donors (Lipinski definition) is 1. The maximum atomic E-state index is 5.71. The molecule has 1 aromatic heterocycles. The Bertz CT molecular complexity index is 386. The van der Waals surface area contributed by atoms with Gasteiger partial charge in [0.2, 0.25) is 0 Å². The molecule has 5 heteroatoms. The molecule has 1 heterocycles. The molecule has 17 heavy (non-hydrogen) atoms. The Morgan fingerprint density at radius 1 is 1.53 bits per heavy atom. The first-order chi connectivity index (χ1) is 8.16. The van der Waals surface area contributed by atoms with Gasteiger partial charge in [-0.1, -0.05) is 25.1 Å². The van der Waals surface area contributed by atoms with Crippen molar-refractivity contribution in [3.63, 3.8) is 0 Å². The summed E-state index contributed by atoms with van der Waals surface area (Å²) in [6.45, 7) is 1.70. The molecule has 1 aliphatic rings. The van der Waals surface area contributed by atoms with E-state index >= 15 is 0 Å². The highest BCUT2D eigenvalue weighted by Gasteiger charge is 2.23. The lowest BCUT2D eigenvalue weighted by Gasteiger charge is -2.27. The van der Waals surface area contributed by atoms with Crippen molar-refractivity contribution in [2.24, 2.45) is 5.73 Å². The molecule has 0 radical (unpaired) electrons. The molecule has 0 saturated heterocycles. The van der Waals surface area contributed by atoms with Crippen molar-refractivity contribution in [2.75, 3.05) is 6.54 Å². The number of nitrogens with two attached hydrogens (primary N) is 1. The number of hydrogen-bond acceptors (Lipinski definition) is 3. The van der Waals surface area contributed by atoms with Crippen LogP contribution in [0, 0.1) is 0 Å². The highest BCUT2D eigenvalue weighted by atomic mass is 79.9. The molecule has 1 aliphatic carbocycles. The predicted molar refractivity (Wildman–Crippen MR) is 81.5 cm³/mol. The van der Waals surface area contributed by atoms with Crippen LogP contribution in [0.5, 0.6) is 0 Å². The number of thiocarbonyl (C=S) groups is 1. The van der Waals surface area contributed by atoms with Crippen LogP contribution in [0.15, 0.2) is 15.9 Å². The van der Waals surface area contributed by atoms with Crippen molar-refractivity contribution in [1.82, 2.24) is 4.90 Å². The van der Waals surface area contributed by atoms with Gasteiger partial charge in [-0.2, -0.15) is 0 Å². The highest BCUT2D eigenvalue weighted by Crippen LogP contribution is 2.29. The van der Waals surface area contributed by atoms with E-state index in [1.165, 1.54) is 35.0 Å². The van der Waals surface area contributed by atoms with Gasteiger partial charge >= 0.3 is 0 Å². The highest BCUT2D eigenvalue weighted by molar-refractivity contribution is 9.10. The quantitative estimate of drug-likeness (QED) is 0.836. The van der Waals surface area contributed by atoms with Crippen LogP contribution in [-0.2, 0) is 6.54 Å². The Morgan fingerprint density at radius 3 is 2.76 bits per heavy atom. The van der Waals surface area contributed by atoms with Crippen LogP contribution in [0.25, 0.3) is 0 Å². The molecule has 2 rings (SSSR count). The van der Waals surface area contributed by atoms with E-state index in [1.807, 2.05) is 0 Å². The zero-order chi connectivity index (χ0) is 12.3. The molecule has 0 bridgehead atoms.